The lowest BCUT2D eigenvalue weighted by Crippen LogP contribution is -2.51. The molecular weight excluding hydrogens is 256 g/mol. The van der Waals surface area contributed by atoms with Crippen LogP contribution >= 0.6 is 0 Å². The highest BCUT2D eigenvalue weighted by atomic mass is 16.5. The van der Waals surface area contributed by atoms with Crippen molar-refractivity contribution in [3.05, 3.63) is 0 Å². The largest absolute Gasteiger partial charge is 0.465 e. The van der Waals surface area contributed by atoms with Gasteiger partial charge in [-0.15, -0.1) is 0 Å². The van der Waals surface area contributed by atoms with Crippen LogP contribution in [0.2, 0.25) is 0 Å². The molecule has 0 saturated heterocycles. The quantitative estimate of drug-likeness (QED) is 0.398. The zero-order chi connectivity index (χ0) is 15.1. The van der Waals surface area contributed by atoms with Gasteiger partial charge in [-0.05, 0) is 20.8 Å². The smallest absolute Gasteiger partial charge is 0.398 e. The summed E-state index contributed by atoms with van der Waals surface area (Å²) in [6.07, 6.45) is 0. The Morgan fingerprint density at radius 1 is 1.05 bits per heavy atom. The minimum absolute atomic E-state index is 0.0537. The monoisotopic (exact) mass is 274 g/mol. The first-order valence-corrected chi connectivity index (χ1v) is 5.61. The van der Waals surface area contributed by atoms with Gasteiger partial charge in [0.1, 0.15) is 6.61 Å². The molecule has 108 valence electrons. The molecule has 0 aliphatic heterocycles. The van der Waals surface area contributed by atoms with Crippen LogP contribution in [0.1, 0.15) is 27.7 Å². The van der Waals surface area contributed by atoms with Crippen molar-refractivity contribution in [2.45, 2.75) is 27.7 Å². The van der Waals surface area contributed by atoms with Gasteiger partial charge < -0.3 is 9.47 Å². The molecule has 2 amide bonds. The highest BCUT2D eigenvalue weighted by molar-refractivity contribution is 6.32. The van der Waals surface area contributed by atoms with Crippen molar-refractivity contribution in [3.8, 4) is 0 Å². The standard InChI is InChI=1S/C11H18N2O6/c1-5-18-9(16)8(15)12-13-10(17)11(3,4)6-19-7(2)14/h5-6H2,1-4H3,(H,12,15)(H,13,17). The minimum Gasteiger partial charge on any atom is -0.465 e. The summed E-state index contributed by atoms with van der Waals surface area (Å²) < 4.78 is 9.15. The first-order chi connectivity index (χ1) is 8.70. The SMILES string of the molecule is CCOC(=O)C(=O)NNC(=O)C(C)(C)COC(C)=O. The lowest BCUT2D eigenvalue weighted by molar-refractivity contribution is -0.156. The maximum absolute atomic E-state index is 11.7. The lowest BCUT2D eigenvalue weighted by Gasteiger charge is -2.22. The van der Waals surface area contributed by atoms with Gasteiger partial charge in [-0.1, -0.05) is 0 Å². The number of carbonyl (C=O) groups excluding carboxylic acids is 4. The van der Waals surface area contributed by atoms with Gasteiger partial charge >= 0.3 is 17.8 Å². The van der Waals surface area contributed by atoms with Crippen molar-refractivity contribution >= 4 is 23.8 Å². The Morgan fingerprint density at radius 2 is 1.63 bits per heavy atom. The molecule has 0 radical (unpaired) electrons. The summed E-state index contributed by atoms with van der Waals surface area (Å²) >= 11 is 0. The first-order valence-electron chi connectivity index (χ1n) is 5.61. The maximum Gasteiger partial charge on any atom is 0.398 e. The normalized spacial score (nSPS) is 10.3. The number of hydrazine groups is 1. The van der Waals surface area contributed by atoms with E-state index in [1.54, 1.807) is 6.92 Å². The van der Waals surface area contributed by atoms with Crippen molar-refractivity contribution in [3.63, 3.8) is 0 Å². The zero-order valence-corrected chi connectivity index (χ0v) is 11.4. The molecule has 0 rings (SSSR count). The van der Waals surface area contributed by atoms with Gasteiger partial charge in [-0.2, -0.15) is 0 Å². The highest BCUT2D eigenvalue weighted by Crippen LogP contribution is 2.15. The van der Waals surface area contributed by atoms with Crippen LogP contribution in [0.15, 0.2) is 0 Å². The third kappa shape index (κ3) is 6.39. The maximum atomic E-state index is 11.7. The Bertz CT molecular complexity index is 377. The first kappa shape index (κ1) is 16.9. The van der Waals surface area contributed by atoms with Crippen LogP contribution < -0.4 is 10.9 Å². The van der Waals surface area contributed by atoms with Gasteiger partial charge in [-0.25, -0.2) is 4.79 Å². The van der Waals surface area contributed by atoms with Gasteiger partial charge in [0.25, 0.3) is 0 Å². The van der Waals surface area contributed by atoms with E-state index in [1.807, 2.05) is 5.43 Å². The molecule has 0 fully saturated rings. The van der Waals surface area contributed by atoms with Crippen molar-refractivity contribution in [2.24, 2.45) is 5.41 Å². The molecule has 19 heavy (non-hydrogen) atoms. The molecule has 2 N–H and O–H groups in total. The Kier molecular flexibility index (Phi) is 6.53. The predicted molar refractivity (Wildman–Crippen MR) is 63.3 cm³/mol. The van der Waals surface area contributed by atoms with Crippen molar-refractivity contribution in [1.29, 1.82) is 0 Å². The summed E-state index contributed by atoms with van der Waals surface area (Å²) in [5.41, 5.74) is 2.91. The third-order valence-corrected chi connectivity index (χ3v) is 2.00. The van der Waals surface area contributed by atoms with Gasteiger partial charge in [0.05, 0.1) is 12.0 Å². The van der Waals surface area contributed by atoms with Gasteiger partial charge in [0.15, 0.2) is 0 Å². The molecular formula is C11H18N2O6. The average Bonchev–Trinajstić information content (AvgIpc) is 2.33. The van der Waals surface area contributed by atoms with Crippen LogP contribution in [-0.4, -0.2) is 37.0 Å². The van der Waals surface area contributed by atoms with E-state index < -0.39 is 29.2 Å². The fourth-order valence-corrected chi connectivity index (χ4v) is 0.878. The molecule has 8 nitrogen and oxygen atoms in total. The van der Waals surface area contributed by atoms with Crippen LogP contribution in [0.25, 0.3) is 0 Å². The van der Waals surface area contributed by atoms with Crippen LogP contribution in [0.3, 0.4) is 0 Å². The Labute approximate surface area is 110 Å². The van der Waals surface area contributed by atoms with Crippen molar-refractivity contribution in [2.75, 3.05) is 13.2 Å². The number of esters is 2. The van der Waals surface area contributed by atoms with Crippen LogP contribution in [0, 0.1) is 5.41 Å². The Morgan fingerprint density at radius 3 is 2.11 bits per heavy atom. The van der Waals surface area contributed by atoms with E-state index in [0.717, 1.165) is 0 Å². The number of nitrogens with one attached hydrogen (secondary N) is 2. The fraction of sp³-hybridized carbons (Fsp3) is 0.636. The van der Waals surface area contributed by atoms with Gasteiger partial charge in [0.2, 0.25) is 5.91 Å². The van der Waals surface area contributed by atoms with E-state index in [-0.39, 0.29) is 13.2 Å². The number of amides is 2. The molecule has 0 aromatic carbocycles. The van der Waals surface area contributed by atoms with Crippen molar-refractivity contribution in [1.82, 2.24) is 10.9 Å². The van der Waals surface area contributed by atoms with Crippen LogP contribution in [-0.2, 0) is 28.7 Å². The molecule has 0 aliphatic rings. The van der Waals surface area contributed by atoms with Crippen LogP contribution in [0.5, 0.6) is 0 Å². The summed E-state index contributed by atoms with van der Waals surface area (Å²) in [7, 11) is 0. The minimum atomic E-state index is -1.10. The number of hydrogen-bond acceptors (Lipinski definition) is 6. The van der Waals surface area contributed by atoms with E-state index in [2.05, 4.69) is 10.2 Å². The molecule has 0 aromatic rings. The predicted octanol–water partition coefficient (Wildman–Crippen LogP) is -0.714. The number of carbonyl (C=O) groups is 4. The molecule has 8 heteroatoms. The molecule has 0 atom stereocenters. The summed E-state index contributed by atoms with van der Waals surface area (Å²) in [6, 6.07) is 0. The lowest BCUT2D eigenvalue weighted by atomic mass is 9.94. The summed E-state index contributed by atoms with van der Waals surface area (Å²) in [6.45, 7) is 5.70. The van der Waals surface area contributed by atoms with E-state index in [4.69, 9.17) is 4.74 Å². The third-order valence-electron chi connectivity index (χ3n) is 2.00. The zero-order valence-electron chi connectivity index (χ0n) is 11.4. The second-order valence-corrected chi connectivity index (χ2v) is 4.29. The number of hydrogen-bond donors (Lipinski definition) is 2. The topological polar surface area (TPSA) is 111 Å². The van der Waals surface area contributed by atoms with Gasteiger partial charge in [-0.3, -0.25) is 25.2 Å². The molecule has 0 unspecified atom stereocenters. The molecule has 0 bridgehead atoms. The molecule has 0 heterocycles. The number of ether oxygens (including phenoxy) is 2. The van der Waals surface area contributed by atoms with Crippen LogP contribution in [0.4, 0.5) is 0 Å². The average molecular weight is 274 g/mol. The van der Waals surface area contributed by atoms with E-state index in [0.29, 0.717) is 0 Å². The fourth-order valence-electron chi connectivity index (χ4n) is 0.878. The van der Waals surface area contributed by atoms with Crippen molar-refractivity contribution < 1.29 is 28.7 Å². The molecule has 0 saturated carbocycles. The number of rotatable bonds is 4. The molecule has 0 spiro atoms. The highest BCUT2D eigenvalue weighted by Gasteiger charge is 2.30. The summed E-state index contributed by atoms with van der Waals surface area (Å²) in [4.78, 5) is 44.5. The summed E-state index contributed by atoms with van der Waals surface area (Å²) in [5, 5.41) is 0. The van der Waals surface area contributed by atoms with E-state index in [1.165, 1.54) is 20.8 Å². The second-order valence-electron chi connectivity index (χ2n) is 4.29. The Balaban J connectivity index is 4.26. The van der Waals surface area contributed by atoms with Gasteiger partial charge in [0, 0.05) is 6.92 Å². The second kappa shape index (κ2) is 7.34. The Hall–Kier alpha value is -2.12. The molecule has 0 aromatic heterocycles. The molecule has 0 aliphatic carbocycles. The van der Waals surface area contributed by atoms with E-state index in [9.17, 15) is 19.2 Å². The van der Waals surface area contributed by atoms with E-state index >= 15 is 0 Å². The summed E-state index contributed by atoms with van der Waals surface area (Å²) in [5.74, 6) is -3.30.